The van der Waals surface area contributed by atoms with Crippen molar-refractivity contribution in [2.75, 3.05) is 19.5 Å². The first-order chi connectivity index (χ1) is 7.58. The topological polar surface area (TPSA) is 47.6 Å². The zero-order valence-corrected chi connectivity index (χ0v) is 10.6. The van der Waals surface area contributed by atoms with Crippen molar-refractivity contribution in [3.8, 4) is 11.5 Å². The number of ether oxygens (including phenoxy) is 2. The highest BCUT2D eigenvalue weighted by Crippen LogP contribution is 2.29. The van der Waals surface area contributed by atoms with Crippen molar-refractivity contribution >= 4 is 27.5 Å². The number of amides is 1. The molecule has 0 aliphatic rings. The van der Waals surface area contributed by atoms with Gasteiger partial charge in [0.15, 0.2) is 11.5 Å². The highest BCUT2D eigenvalue weighted by molar-refractivity contribution is 9.12. The second kappa shape index (κ2) is 5.55. The van der Waals surface area contributed by atoms with Crippen LogP contribution in [-0.4, -0.2) is 20.1 Å². The quantitative estimate of drug-likeness (QED) is 0.865. The molecule has 0 aliphatic heterocycles. The monoisotopic (exact) mass is 285 g/mol. The summed E-state index contributed by atoms with van der Waals surface area (Å²) in [6.07, 6.45) is 0. The summed E-state index contributed by atoms with van der Waals surface area (Å²) in [5.74, 6) is 0.867. The molecule has 1 rings (SSSR count). The summed E-state index contributed by atoms with van der Waals surface area (Å²) in [5.41, 5.74) is 0.614. The van der Waals surface area contributed by atoms with Gasteiger partial charge in [0.2, 0.25) is 0 Å². The molecule has 1 aromatic carbocycles. The molecule has 0 aliphatic carbocycles. The van der Waals surface area contributed by atoms with Crippen LogP contribution in [0.2, 0.25) is 0 Å². The van der Waals surface area contributed by atoms with Gasteiger partial charge < -0.3 is 14.8 Å². The molecular formula is C11H12BrNO3. The molecule has 16 heavy (non-hydrogen) atoms. The van der Waals surface area contributed by atoms with Crippen molar-refractivity contribution in [1.29, 1.82) is 0 Å². The summed E-state index contributed by atoms with van der Waals surface area (Å²) < 4.78 is 10.5. The van der Waals surface area contributed by atoms with E-state index < -0.39 is 0 Å². The Morgan fingerprint density at radius 1 is 1.31 bits per heavy atom. The maximum absolute atomic E-state index is 11.3. The van der Waals surface area contributed by atoms with E-state index in [9.17, 15) is 4.79 Å². The average molecular weight is 286 g/mol. The fourth-order valence-electron chi connectivity index (χ4n) is 1.11. The van der Waals surface area contributed by atoms with Crippen molar-refractivity contribution < 1.29 is 14.3 Å². The Kier molecular flexibility index (Phi) is 4.37. The van der Waals surface area contributed by atoms with E-state index >= 15 is 0 Å². The van der Waals surface area contributed by atoms with Crippen LogP contribution in [0.25, 0.3) is 0 Å². The molecular weight excluding hydrogens is 274 g/mol. The molecule has 0 atom stereocenters. The SMILES string of the molecule is C=C(Br)C(=O)Nc1ccc(OC)c(OC)c1. The fourth-order valence-corrected chi connectivity index (χ4v) is 1.21. The van der Waals surface area contributed by atoms with Crippen LogP contribution in [0.5, 0.6) is 11.5 Å². The van der Waals surface area contributed by atoms with Gasteiger partial charge in [0.25, 0.3) is 5.91 Å². The first-order valence-electron chi connectivity index (χ1n) is 4.46. The van der Waals surface area contributed by atoms with Crippen molar-refractivity contribution in [3.05, 3.63) is 29.3 Å². The van der Waals surface area contributed by atoms with E-state index in [0.29, 0.717) is 17.2 Å². The molecule has 0 spiro atoms. The third-order valence-corrected chi connectivity index (χ3v) is 2.25. The Morgan fingerprint density at radius 3 is 2.44 bits per heavy atom. The molecule has 5 heteroatoms. The fraction of sp³-hybridized carbons (Fsp3) is 0.182. The molecule has 1 amide bonds. The first kappa shape index (κ1) is 12.6. The third-order valence-electron chi connectivity index (χ3n) is 1.89. The minimum Gasteiger partial charge on any atom is -0.493 e. The van der Waals surface area contributed by atoms with Gasteiger partial charge in [0.1, 0.15) is 0 Å². The predicted molar refractivity (Wildman–Crippen MR) is 66.2 cm³/mol. The predicted octanol–water partition coefficient (Wildman–Crippen LogP) is 2.55. The normalized spacial score (nSPS) is 9.44. The van der Waals surface area contributed by atoms with Crippen LogP contribution in [0, 0.1) is 0 Å². The summed E-state index contributed by atoms with van der Waals surface area (Å²) >= 11 is 3.00. The Bertz CT molecular complexity index is 418. The number of halogens is 1. The number of rotatable bonds is 4. The number of carbonyl (C=O) groups excluding carboxylic acids is 1. The third kappa shape index (κ3) is 3.00. The van der Waals surface area contributed by atoms with E-state index in [0.717, 1.165) is 0 Å². The number of hydrogen-bond donors (Lipinski definition) is 1. The summed E-state index contributed by atoms with van der Waals surface area (Å²) in [5, 5.41) is 2.65. The van der Waals surface area contributed by atoms with Gasteiger partial charge in [-0.05, 0) is 28.1 Å². The van der Waals surface area contributed by atoms with Gasteiger partial charge in [0, 0.05) is 11.8 Å². The Labute approximate surface area is 102 Å². The largest absolute Gasteiger partial charge is 0.493 e. The maximum Gasteiger partial charge on any atom is 0.262 e. The lowest BCUT2D eigenvalue weighted by molar-refractivity contribution is -0.112. The Morgan fingerprint density at radius 2 is 1.94 bits per heavy atom. The van der Waals surface area contributed by atoms with Crippen molar-refractivity contribution in [1.82, 2.24) is 0 Å². The van der Waals surface area contributed by atoms with Gasteiger partial charge in [-0.3, -0.25) is 4.79 Å². The van der Waals surface area contributed by atoms with Gasteiger partial charge >= 0.3 is 0 Å². The standard InChI is InChI=1S/C11H12BrNO3/c1-7(12)11(14)13-8-4-5-9(15-2)10(6-8)16-3/h4-6H,1H2,2-3H3,(H,13,14). The van der Waals surface area contributed by atoms with Crippen molar-refractivity contribution in [2.24, 2.45) is 0 Å². The van der Waals surface area contributed by atoms with E-state index in [2.05, 4.69) is 27.8 Å². The number of carbonyl (C=O) groups is 1. The van der Waals surface area contributed by atoms with E-state index in [4.69, 9.17) is 9.47 Å². The minimum atomic E-state index is -0.299. The minimum absolute atomic E-state index is 0.266. The number of anilines is 1. The number of nitrogens with one attached hydrogen (secondary N) is 1. The van der Waals surface area contributed by atoms with E-state index in [1.807, 2.05) is 0 Å². The number of methoxy groups -OCH3 is 2. The van der Waals surface area contributed by atoms with Crippen molar-refractivity contribution in [2.45, 2.75) is 0 Å². The molecule has 0 fully saturated rings. The van der Waals surface area contributed by atoms with Crippen LogP contribution < -0.4 is 14.8 Å². The molecule has 0 aromatic heterocycles. The second-order valence-corrected chi connectivity index (χ2v) is 3.89. The smallest absolute Gasteiger partial charge is 0.262 e. The van der Waals surface area contributed by atoms with E-state index in [-0.39, 0.29) is 10.4 Å². The summed E-state index contributed by atoms with van der Waals surface area (Å²) in [7, 11) is 3.09. The second-order valence-electron chi connectivity index (χ2n) is 2.93. The molecule has 0 saturated heterocycles. The summed E-state index contributed by atoms with van der Waals surface area (Å²) in [6, 6.07) is 5.10. The first-order valence-corrected chi connectivity index (χ1v) is 5.25. The van der Waals surface area contributed by atoms with Gasteiger partial charge in [-0.25, -0.2) is 0 Å². The lowest BCUT2D eigenvalue weighted by atomic mass is 10.2. The Balaban J connectivity index is 2.91. The van der Waals surface area contributed by atoms with Crippen LogP contribution in [0.4, 0.5) is 5.69 Å². The Hall–Kier alpha value is -1.49. The molecule has 0 saturated carbocycles. The zero-order chi connectivity index (χ0) is 12.1. The van der Waals surface area contributed by atoms with Gasteiger partial charge in [-0.1, -0.05) is 6.58 Å². The molecule has 0 bridgehead atoms. The summed E-state index contributed by atoms with van der Waals surface area (Å²) in [4.78, 5) is 11.3. The molecule has 1 aromatic rings. The highest BCUT2D eigenvalue weighted by atomic mass is 79.9. The lowest BCUT2D eigenvalue weighted by Crippen LogP contribution is -2.10. The lowest BCUT2D eigenvalue weighted by Gasteiger charge is -2.10. The molecule has 4 nitrogen and oxygen atoms in total. The summed E-state index contributed by atoms with van der Waals surface area (Å²) in [6.45, 7) is 3.48. The van der Waals surface area contributed by atoms with E-state index in [1.165, 1.54) is 7.11 Å². The molecule has 86 valence electrons. The molecule has 1 N–H and O–H groups in total. The van der Waals surface area contributed by atoms with Crippen LogP contribution in [0.1, 0.15) is 0 Å². The number of benzene rings is 1. The number of hydrogen-bond acceptors (Lipinski definition) is 3. The van der Waals surface area contributed by atoms with Crippen molar-refractivity contribution in [3.63, 3.8) is 0 Å². The van der Waals surface area contributed by atoms with Crippen LogP contribution in [0.3, 0.4) is 0 Å². The van der Waals surface area contributed by atoms with Crippen LogP contribution in [-0.2, 0) is 4.79 Å². The van der Waals surface area contributed by atoms with E-state index in [1.54, 1.807) is 25.3 Å². The van der Waals surface area contributed by atoms with Gasteiger partial charge in [0.05, 0.1) is 18.7 Å². The average Bonchev–Trinajstić information content (AvgIpc) is 2.28. The maximum atomic E-state index is 11.3. The van der Waals surface area contributed by atoms with Gasteiger partial charge in [-0.15, -0.1) is 0 Å². The zero-order valence-electron chi connectivity index (χ0n) is 9.04. The van der Waals surface area contributed by atoms with Gasteiger partial charge in [-0.2, -0.15) is 0 Å². The molecule has 0 unspecified atom stereocenters. The molecule has 0 heterocycles. The highest BCUT2D eigenvalue weighted by Gasteiger charge is 2.07. The van der Waals surface area contributed by atoms with Crippen LogP contribution in [0.15, 0.2) is 29.3 Å². The molecule has 0 radical (unpaired) electrons. The van der Waals surface area contributed by atoms with Crippen LogP contribution >= 0.6 is 15.9 Å².